The second kappa shape index (κ2) is 7.89. The minimum Gasteiger partial charge on any atom is -0.461 e. The zero-order valence-electron chi connectivity index (χ0n) is 10.3. The Morgan fingerprint density at radius 2 is 2.25 bits per heavy atom. The number of rotatable bonds is 7. The maximum absolute atomic E-state index is 11.1. The third-order valence-corrected chi connectivity index (χ3v) is 2.35. The summed E-state index contributed by atoms with van der Waals surface area (Å²) in [7, 11) is 1.99. The van der Waals surface area contributed by atoms with Crippen LogP contribution in [-0.4, -0.2) is 37.6 Å². The molecule has 0 saturated heterocycles. The average molecular weight is 224 g/mol. The number of hydrogen-bond donors (Lipinski definition) is 0. The van der Waals surface area contributed by atoms with E-state index >= 15 is 0 Å². The van der Waals surface area contributed by atoms with Crippen LogP contribution < -0.4 is 0 Å². The van der Waals surface area contributed by atoms with Crippen molar-refractivity contribution in [3.8, 4) is 6.07 Å². The van der Waals surface area contributed by atoms with Gasteiger partial charge in [-0.1, -0.05) is 13.5 Å². The molecule has 1 atom stereocenters. The van der Waals surface area contributed by atoms with Crippen LogP contribution in [0.5, 0.6) is 0 Å². The molecule has 0 rings (SSSR count). The molecule has 4 nitrogen and oxygen atoms in total. The molecule has 0 heterocycles. The van der Waals surface area contributed by atoms with Crippen LogP contribution >= 0.6 is 0 Å². The Balaban J connectivity index is 3.89. The first-order valence-corrected chi connectivity index (χ1v) is 5.42. The summed E-state index contributed by atoms with van der Waals surface area (Å²) < 4.78 is 4.94. The van der Waals surface area contributed by atoms with E-state index in [2.05, 4.69) is 24.5 Å². The van der Waals surface area contributed by atoms with Crippen LogP contribution in [0, 0.1) is 17.2 Å². The van der Waals surface area contributed by atoms with Gasteiger partial charge >= 0.3 is 5.97 Å². The number of ether oxygens (including phenoxy) is 1. The highest BCUT2D eigenvalue weighted by molar-refractivity contribution is 5.86. The predicted molar refractivity (Wildman–Crippen MR) is 62.7 cm³/mol. The average Bonchev–Trinajstić information content (AvgIpc) is 2.28. The lowest BCUT2D eigenvalue weighted by molar-refractivity contribution is -0.139. The second-order valence-electron chi connectivity index (χ2n) is 3.89. The molecule has 1 unspecified atom stereocenters. The largest absolute Gasteiger partial charge is 0.461 e. The van der Waals surface area contributed by atoms with Crippen molar-refractivity contribution in [2.75, 3.05) is 26.7 Å². The number of hydrogen-bond acceptors (Lipinski definition) is 4. The highest BCUT2D eigenvalue weighted by Crippen LogP contribution is 2.05. The molecule has 0 aliphatic heterocycles. The highest BCUT2D eigenvalue weighted by atomic mass is 16.5. The fraction of sp³-hybridized carbons (Fsp3) is 0.667. The van der Waals surface area contributed by atoms with Crippen molar-refractivity contribution in [1.29, 1.82) is 5.26 Å². The fourth-order valence-corrected chi connectivity index (χ4v) is 1.02. The molecule has 0 aliphatic carbocycles. The summed E-state index contributed by atoms with van der Waals surface area (Å²) in [6, 6.07) is 2.14. The first kappa shape index (κ1) is 14.7. The Bertz CT molecular complexity index is 281. The van der Waals surface area contributed by atoms with E-state index in [1.165, 1.54) is 0 Å². The first-order valence-electron chi connectivity index (χ1n) is 5.42. The standard InChI is InChI=1S/C12H20N2O2/c1-5-14(4)7-6-11(8-13)9-16-12(15)10(2)3/h11H,2,5-7,9H2,1,3-4H3. The monoisotopic (exact) mass is 224 g/mol. The van der Waals surface area contributed by atoms with Gasteiger partial charge in [-0.2, -0.15) is 5.26 Å². The molecule has 0 aromatic rings. The second-order valence-corrected chi connectivity index (χ2v) is 3.89. The smallest absolute Gasteiger partial charge is 0.333 e. The molecule has 0 spiro atoms. The van der Waals surface area contributed by atoms with Crippen LogP contribution in [0.1, 0.15) is 20.3 Å². The molecular weight excluding hydrogens is 204 g/mol. The lowest BCUT2D eigenvalue weighted by Gasteiger charge is -2.16. The molecule has 0 aromatic carbocycles. The van der Waals surface area contributed by atoms with Crippen molar-refractivity contribution in [2.45, 2.75) is 20.3 Å². The number of nitrogens with zero attached hydrogens (tertiary/aromatic N) is 2. The Kier molecular flexibility index (Phi) is 7.23. The summed E-state index contributed by atoms with van der Waals surface area (Å²) in [6.45, 7) is 9.06. The third-order valence-electron chi connectivity index (χ3n) is 2.35. The molecule has 16 heavy (non-hydrogen) atoms. The van der Waals surface area contributed by atoms with Crippen LogP contribution in [0.3, 0.4) is 0 Å². The molecule has 0 saturated carbocycles. The van der Waals surface area contributed by atoms with E-state index in [4.69, 9.17) is 10.00 Å². The van der Waals surface area contributed by atoms with E-state index in [-0.39, 0.29) is 12.5 Å². The quantitative estimate of drug-likeness (QED) is 0.487. The van der Waals surface area contributed by atoms with Gasteiger partial charge in [-0.3, -0.25) is 0 Å². The molecule has 0 N–H and O–H groups in total. The van der Waals surface area contributed by atoms with Crippen LogP contribution in [0.25, 0.3) is 0 Å². The van der Waals surface area contributed by atoms with Gasteiger partial charge in [-0.15, -0.1) is 0 Å². The Labute approximate surface area is 97.5 Å². The lowest BCUT2D eigenvalue weighted by atomic mass is 10.1. The van der Waals surface area contributed by atoms with Gasteiger partial charge in [0.25, 0.3) is 0 Å². The van der Waals surface area contributed by atoms with Gasteiger partial charge in [-0.05, 0) is 33.5 Å². The molecule has 0 bridgehead atoms. The minimum absolute atomic E-state index is 0.153. The van der Waals surface area contributed by atoms with Crippen LogP contribution in [0.2, 0.25) is 0 Å². The predicted octanol–water partition coefficient (Wildman–Crippen LogP) is 1.59. The Morgan fingerprint density at radius 1 is 1.62 bits per heavy atom. The van der Waals surface area contributed by atoms with Gasteiger partial charge in [0.1, 0.15) is 6.61 Å². The molecule has 4 heteroatoms. The molecule has 0 radical (unpaired) electrons. The normalized spacial score (nSPS) is 11.9. The molecule has 0 aliphatic rings. The van der Waals surface area contributed by atoms with Gasteiger partial charge in [0.05, 0.1) is 12.0 Å². The highest BCUT2D eigenvalue weighted by Gasteiger charge is 2.12. The minimum atomic E-state index is -0.427. The Hall–Kier alpha value is -1.34. The van der Waals surface area contributed by atoms with Gasteiger partial charge in [0.2, 0.25) is 0 Å². The molecule has 0 aromatic heterocycles. The zero-order valence-corrected chi connectivity index (χ0v) is 10.3. The summed E-state index contributed by atoms with van der Waals surface area (Å²) in [5.74, 6) is -0.665. The molecule has 0 fully saturated rings. The maximum Gasteiger partial charge on any atom is 0.333 e. The summed E-state index contributed by atoms with van der Waals surface area (Å²) >= 11 is 0. The van der Waals surface area contributed by atoms with Crippen molar-refractivity contribution < 1.29 is 9.53 Å². The van der Waals surface area contributed by atoms with E-state index in [1.54, 1.807) is 6.92 Å². The summed E-state index contributed by atoms with van der Waals surface area (Å²) in [5, 5.41) is 8.88. The van der Waals surface area contributed by atoms with E-state index < -0.39 is 5.97 Å². The number of esters is 1. The molecule has 0 amide bonds. The van der Waals surface area contributed by atoms with E-state index in [9.17, 15) is 4.79 Å². The number of nitriles is 1. The van der Waals surface area contributed by atoms with E-state index in [1.807, 2.05) is 7.05 Å². The fourth-order valence-electron chi connectivity index (χ4n) is 1.02. The van der Waals surface area contributed by atoms with Crippen LogP contribution in [-0.2, 0) is 9.53 Å². The van der Waals surface area contributed by atoms with Crippen molar-refractivity contribution >= 4 is 5.97 Å². The van der Waals surface area contributed by atoms with Crippen LogP contribution in [0.4, 0.5) is 0 Å². The third kappa shape index (κ3) is 6.20. The first-order chi connectivity index (χ1) is 7.51. The zero-order chi connectivity index (χ0) is 12.6. The lowest BCUT2D eigenvalue weighted by Crippen LogP contribution is -2.23. The molecular formula is C12H20N2O2. The summed E-state index contributed by atoms with van der Waals surface area (Å²) in [5.41, 5.74) is 0.363. The van der Waals surface area contributed by atoms with Crippen molar-refractivity contribution in [1.82, 2.24) is 4.90 Å². The summed E-state index contributed by atoms with van der Waals surface area (Å²) in [4.78, 5) is 13.2. The van der Waals surface area contributed by atoms with E-state index in [0.29, 0.717) is 12.0 Å². The Morgan fingerprint density at radius 3 is 2.69 bits per heavy atom. The summed E-state index contributed by atoms with van der Waals surface area (Å²) in [6.07, 6.45) is 0.713. The molecule has 90 valence electrons. The van der Waals surface area contributed by atoms with Gasteiger partial charge < -0.3 is 9.64 Å². The number of carbonyl (C=O) groups is 1. The van der Waals surface area contributed by atoms with Gasteiger partial charge in [0.15, 0.2) is 0 Å². The van der Waals surface area contributed by atoms with Gasteiger partial charge in [0, 0.05) is 5.57 Å². The SMILES string of the molecule is C=C(C)C(=O)OCC(C#N)CCN(C)CC. The number of carbonyl (C=O) groups excluding carboxylic acids is 1. The van der Waals surface area contributed by atoms with Gasteiger partial charge in [-0.25, -0.2) is 4.79 Å². The topological polar surface area (TPSA) is 53.3 Å². The van der Waals surface area contributed by atoms with E-state index in [0.717, 1.165) is 13.1 Å². The van der Waals surface area contributed by atoms with Crippen molar-refractivity contribution in [2.24, 2.45) is 5.92 Å². The maximum atomic E-state index is 11.1. The van der Waals surface area contributed by atoms with Crippen molar-refractivity contribution in [3.05, 3.63) is 12.2 Å². The van der Waals surface area contributed by atoms with Crippen LogP contribution in [0.15, 0.2) is 12.2 Å². The van der Waals surface area contributed by atoms with Crippen molar-refractivity contribution in [3.63, 3.8) is 0 Å².